The number of carbonyl (C=O) groups is 2. The molecule has 5 rings (SSSR count). The summed E-state index contributed by atoms with van der Waals surface area (Å²) in [7, 11) is 1.70. The van der Waals surface area contributed by atoms with Crippen molar-refractivity contribution in [1.82, 2.24) is 14.9 Å². The summed E-state index contributed by atoms with van der Waals surface area (Å²) in [5.41, 5.74) is 3.49. The number of aryl methyl sites for hydroxylation is 1. The largest absolute Gasteiger partial charge is 0.454 e. The number of fused-ring (bicyclic) bond motifs is 2. The first-order chi connectivity index (χ1) is 16.2. The second-order valence-corrected chi connectivity index (χ2v) is 9.14. The lowest BCUT2D eigenvalue weighted by atomic mass is 10.1. The van der Waals surface area contributed by atoms with E-state index >= 15 is 0 Å². The van der Waals surface area contributed by atoms with Gasteiger partial charge in [-0.2, -0.15) is 13.2 Å². The normalized spacial score (nSPS) is 13.9. The van der Waals surface area contributed by atoms with Crippen molar-refractivity contribution >= 4 is 34.3 Å². The van der Waals surface area contributed by atoms with Gasteiger partial charge < -0.3 is 13.9 Å². The van der Waals surface area contributed by atoms with E-state index in [-0.39, 0.29) is 11.7 Å². The first-order valence-corrected chi connectivity index (χ1v) is 11.1. The van der Waals surface area contributed by atoms with Crippen molar-refractivity contribution < 1.29 is 32.4 Å². The highest BCUT2D eigenvalue weighted by Crippen LogP contribution is 2.35. The van der Waals surface area contributed by atoms with Gasteiger partial charge in [0.25, 0.3) is 11.8 Å². The van der Waals surface area contributed by atoms with E-state index in [4.69, 9.17) is 9.62 Å². The van der Waals surface area contributed by atoms with Crippen LogP contribution in [0.1, 0.15) is 36.2 Å². The predicted octanol–water partition coefficient (Wildman–Crippen LogP) is 4.84. The number of thiophene rings is 1. The Morgan fingerprint density at radius 3 is 2.68 bits per heavy atom. The summed E-state index contributed by atoms with van der Waals surface area (Å²) in [6, 6.07) is 9.82. The highest BCUT2D eigenvalue weighted by atomic mass is 32.1. The first kappa shape index (κ1) is 22.2. The number of furan rings is 1. The van der Waals surface area contributed by atoms with Crippen molar-refractivity contribution in [3.8, 4) is 11.3 Å². The number of rotatable bonds is 3. The van der Waals surface area contributed by atoms with Crippen LogP contribution < -0.4 is 5.48 Å². The van der Waals surface area contributed by atoms with Crippen LogP contribution in [0.4, 0.5) is 13.2 Å². The Morgan fingerprint density at radius 1 is 1.18 bits per heavy atom. The average molecular weight is 489 g/mol. The van der Waals surface area contributed by atoms with E-state index in [1.807, 2.05) is 0 Å². The summed E-state index contributed by atoms with van der Waals surface area (Å²) in [5.74, 6) is -0.528. The fourth-order valence-electron chi connectivity index (χ4n) is 4.13. The summed E-state index contributed by atoms with van der Waals surface area (Å²) in [5, 5.41) is 8.84. The summed E-state index contributed by atoms with van der Waals surface area (Å²) in [6.07, 6.45) is -3.88. The Balaban J connectivity index is 1.41. The maximum absolute atomic E-state index is 13.2. The van der Waals surface area contributed by atoms with E-state index in [0.29, 0.717) is 46.7 Å². The van der Waals surface area contributed by atoms with Crippen LogP contribution in [0, 0.1) is 0 Å². The van der Waals surface area contributed by atoms with Crippen LogP contribution in [-0.4, -0.2) is 33.0 Å². The van der Waals surface area contributed by atoms with Gasteiger partial charge in [-0.05, 0) is 30.2 Å². The molecule has 0 aliphatic carbocycles. The van der Waals surface area contributed by atoms with E-state index in [1.54, 1.807) is 40.2 Å². The number of nitrogens with zero attached hydrogens (tertiary/aromatic N) is 2. The van der Waals surface area contributed by atoms with Crippen LogP contribution >= 0.6 is 11.3 Å². The quantitative estimate of drug-likeness (QED) is 0.319. The number of benzene rings is 1. The van der Waals surface area contributed by atoms with E-state index in [0.717, 1.165) is 22.6 Å². The minimum atomic E-state index is -4.46. The minimum absolute atomic E-state index is 0.221. The van der Waals surface area contributed by atoms with Gasteiger partial charge in [-0.1, -0.05) is 12.1 Å². The monoisotopic (exact) mass is 489 g/mol. The highest BCUT2D eigenvalue weighted by Gasteiger charge is 2.31. The molecule has 0 atom stereocenters. The molecular formula is C23H18F3N3O4S. The van der Waals surface area contributed by atoms with Gasteiger partial charge in [0.05, 0.1) is 22.5 Å². The van der Waals surface area contributed by atoms with Crippen molar-refractivity contribution in [2.75, 3.05) is 6.54 Å². The third-order valence-electron chi connectivity index (χ3n) is 5.92. The first-order valence-electron chi connectivity index (χ1n) is 10.3. The molecule has 0 unspecified atom stereocenters. The molecule has 4 aromatic rings. The number of hydrogen-bond donors (Lipinski definition) is 2. The number of hydroxylamine groups is 1. The highest BCUT2D eigenvalue weighted by molar-refractivity contribution is 7.14. The lowest BCUT2D eigenvalue weighted by Gasteiger charge is -2.27. The zero-order valence-corrected chi connectivity index (χ0v) is 18.6. The molecule has 2 N–H and O–H groups in total. The predicted molar refractivity (Wildman–Crippen MR) is 118 cm³/mol. The Hall–Kier alpha value is -3.57. The van der Waals surface area contributed by atoms with Gasteiger partial charge in [0.15, 0.2) is 5.58 Å². The Morgan fingerprint density at radius 2 is 1.97 bits per heavy atom. The number of hydrogen-bond acceptors (Lipinski definition) is 5. The second-order valence-electron chi connectivity index (χ2n) is 8.00. The third-order valence-corrected chi connectivity index (χ3v) is 7.08. The van der Waals surface area contributed by atoms with Crippen LogP contribution in [0.2, 0.25) is 0 Å². The SMILES string of the molecule is Cn1c(C(=O)N2CCc3cc(C(=O)NO)sc3C2)cc2oc(-c3cccc(C(F)(F)F)c3)cc21. The van der Waals surface area contributed by atoms with Crippen molar-refractivity contribution in [3.05, 3.63) is 69.0 Å². The van der Waals surface area contributed by atoms with E-state index in [2.05, 4.69) is 0 Å². The lowest BCUT2D eigenvalue weighted by Crippen LogP contribution is -2.36. The molecule has 0 bridgehead atoms. The van der Waals surface area contributed by atoms with Gasteiger partial charge in [0, 0.05) is 36.2 Å². The molecule has 11 heteroatoms. The third kappa shape index (κ3) is 3.76. The van der Waals surface area contributed by atoms with Crippen LogP contribution in [-0.2, 0) is 26.2 Å². The topological polar surface area (TPSA) is 87.7 Å². The molecule has 2 amide bonds. The molecule has 1 aliphatic heterocycles. The van der Waals surface area contributed by atoms with Gasteiger partial charge in [-0.25, -0.2) is 5.48 Å². The number of halogens is 3. The Bertz CT molecular complexity index is 1430. The maximum atomic E-state index is 13.2. The molecule has 3 aromatic heterocycles. The van der Waals surface area contributed by atoms with Gasteiger partial charge in [-0.3, -0.25) is 14.8 Å². The Labute approximate surface area is 195 Å². The molecule has 0 radical (unpaired) electrons. The number of amides is 2. The van der Waals surface area contributed by atoms with Gasteiger partial charge in [-0.15, -0.1) is 11.3 Å². The maximum Gasteiger partial charge on any atom is 0.416 e. The van der Waals surface area contributed by atoms with E-state index in [9.17, 15) is 22.8 Å². The van der Waals surface area contributed by atoms with Gasteiger partial charge in [0.2, 0.25) is 0 Å². The average Bonchev–Trinajstić information content (AvgIpc) is 3.51. The van der Waals surface area contributed by atoms with Crippen LogP contribution in [0.25, 0.3) is 22.4 Å². The van der Waals surface area contributed by atoms with Gasteiger partial charge in [0.1, 0.15) is 11.5 Å². The van der Waals surface area contributed by atoms with Crippen molar-refractivity contribution in [2.45, 2.75) is 19.1 Å². The fourth-order valence-corrected chi connectivity index (χ4v) is 5.25. The summed E-state index contributed by atoms with van der Waals surface area (Å²) < 4.78 is 46.6. The second kappa shape index (κ2) is 8.03. The number of aromatic nitrogens is 1. The van der Waals surface area contributed by atoms with E-state index in [1.165, 1.54) is 23.5 Å². The van der Waals surface area contributed by atoms with Crippen LogP contribution in [0.3, 0.4) is 0 Å². The van der Waals surface area contributed by atoms with Crippen LogP contribution in [0.5, 0.6) is 0 Å². The molecule has 4 heterocycles. The molecule has 0 spiro atoms. The van der Waals surface area contributed by atoms with Crippen molar-refractivity contribution in [3.63, 3.8) is 0 Å². The zero-order chi connectivity index (χ0) is 24.2. The molecular weight excluding hydrogens is 471 g/mol. The number of alkyl halides is 3. The Kier molecular flexibility index (Phi) is 5.25. The van der Waals surface area contributed by atoms with E-state index < -0.39 is 17.6 Å². The fraction of sp³-hybridized carbons (Fsp3) is 0.217. The summed E-state index contributed by atoms with van der Waals surface area (Å²) in [4.78, 5) is 27.8. The molecule has 0 saturated carbocycles. The number of carbonyl (C=O) groups excluding carboxylic acids is 2. The molecule has 0 saturated heterocycles. The molecule has 34 heavy (non-hydrogen) atoms. The van der Waals surface area contributed by atoms with Gasteiger partial charge >= 0.3 is 6.18 Å². The van der Waals surface area contributed by atoms with Crippen molar-refractivity contribution in [2.24, 2.45) is 7.05 Å². The standard InChI is InChI=1S/C23H18F3N3O4S/c1-28-15-9-17(12-3-2-4-14(7-12)23(24,25)26)33-18(15)10-16(28)22(31)29-6-5-13-8-19(21(30)27-32)34-20(13)11-29/h2-4,7-10,32H,5-6,11H2,1H3,(H,27,30). The minimum Gasteiger partial charge on any atom is -0.454 e. The lowest BCUT2D eigenvalue weighted by molar-refractivity contribution is -0.137. The number of nitrogens with one attached hydrogen (secondary N) is 1. The summed E-state index contributed by atoms with van der Waals surface area (Å²) in [6.45, 7) is 0.796. The summed E-state index contributed by atoms with van der Waals surface area (Å²) >= 11 is 1.23. The molecule has 0 fully saturated rings. The molecule has 176 valence electrons. The molecule has 7 nitrogen and oxygen atoms in total. The molecule has 1 aromatic carbocycles. The zero-order valence-electron chi connectivity index (χ0n) is 17.8. The smallest absolute Gasteiger partial charge is 0.416 e. The van der Waals surface area contributed by atoms with Crippen molar-refractivity contribution in [1.29, 1.82) is 0 Å². The van der Waals surface area contributed by atoms with Crippen LogP contribution in [0.15, 0.2) is 46.9 Å². The molecule has 1 aliphatic rings.